The summed E-state index contributed by atoms with van der Waals surface area (Å²) >= 11 is 0. The highest BCUT2D eigenvalue weighted by atomic mass is 16.5. The average Bonchev–Trinajstić information content (AvgIpc) is 3.36. The number of methoxy groups -OCH3 is 2. The highest BCUT2D eigenvalue weighted by Gasteiger charge is 2.44. The molecule has 196 valence electrons. The summed E-state index contributed by atoms with van der Waals surface area (Å²) in [6, 6.07) is 17.8. The topological polar surface area (TPSA) is 113 Å². The molecule has 0 bridgehead atoms. The molecule has 0 aromatic heterocycles. The van der Waals surface area contributed by atoms with Crippen molar-refractivity contribution in [3.8, 4) is 11.5 Å². The van der Waals surface area contributed by atoms with E-state index in [0.717, 1.165) is 27.3 Å². The van der Waals surface area contributed by atoms with E-state index in [-0.39, 0.29) is 35.7 Å². The van der Waals surface area contributed by atoms with Gasteiger partial charge >= 0.3 is 5.97 Å². The zero-order valence-corrected chi connectivity index (χ0v) is 21.5. The summed E-state index contributed by atoms with van der Waals surface area (Å²) in [4.78, 5) is 59.8. The Morgan fingerprint density at radius 1 is 0.667 bits per heavy atom. The van der Waals surface area contributed by atoms with Crippen molar-refractivity contribution in [3.63, 3.8) is 0 Å². The standard InChI is InChI=1S/C17H14O5.C14H10O3/c1-3-22-17(20)14-15(18)12-7-9-4-5-11(21-2)6-10(9)8-13(12)16(14)19;1-17-10-3-2-8-5-11-12(6-9(8)4-10)14(16)7-13(11)15/h4-8,14H,3H2,1-2H3;2-6H,7H2,1H3. The average molecular weight is 525 g/mol. The second-order valence-corrected chi connectivity index (χ2v) is 9.16. The number of carbonyl (C=O) groups is 5. The summed E-state index contributed by atoms with van der Waals surface area (Å²) in [5.41, 5.74) is 1.63. The van der Waals surface area contributed by atoms with Gasteiger partial charge in [0.05, 0.1) is 27.2 Å². The van der Waals surface area contributed by atoms with Gasteiger partial charge in [0.2, 0.25) is 0 Å². The van der Waals surface area contributed by atoms with E-state index in [9.17, 15) is 24.0 Å². The number of carbonyl (C=O) groups excluding carboxylic acids is 5. The molecule has 2 aliphatic rings. The molecule has 1 unspecified atom stereocenters. The van der Waals surface area contributed by atoms with E-state index in [4.69, 9.17) is 14.2 Å². The molecule has 0 aliphatic heterocycles. The van der Waals surface area contributed by atoms with Crippen LogP contribution in [0.15, 0.2) is 60.7 Å². The molecule has 8 heteroatoms. The van der Waals surface area contributed by atoms with Crippen LogP contribution in [-0.4, -0.2) is 49.9 Å². The number of rotatable bonds is 4. The van der Waals surface area contributed by atoms with Crippen molar-refractivity contribution in [1.82, 2.24) is 0 Å². The highest BCUT2D eigenvalue weighted by molar-refractivity contribution is 6.35. The van der Waals surface area contributed by atoms with Crippen molar-refractivity contribution in [2.24, 2.45) is 5.92 Å². The zero-order chi connectivity index (χ0) is 27.8. The van der Waals surface area contributed by atoms with E-state index in [0.29, 0.717) is 16.9 Å². The molecule has 0 heterocycles. The van der Waals surface area contributed by atoms with Crippen LogP contribution in [0.1, 0.15) is 54.8 Å². The summed E-state index contributed by atoms with van der Waals surface area (Å²) in [7, 11) is 3.16. The molecule has 0 fully saturated rings. The van der Waals surface area contributed by atoms with Crippen LogP contribution in [0, 0.1) is 5.92 Å². The summed E-state index contributed by atoms with van der Waals surface area (Å²) in [6.07, 6.45) is 0.00277. The Morgan fingerprint density at radius 3 is 1.56 bits per heavy atom. The van der Waals surface area contributed by atoms with Crippen LogP contribution in [0.4, 0.5) is 0 Å². The minimum Gasteiger partial charge on any atom is -0.497 e. The molecule has 8 nitrogen and oxygen atoms in total. The molecule has 6 rings (SSSR count). The minimum atomic E-state index is -1.37. The Bertz CT molecular complexity index is 1720. The monoisotopic (exact) mass is 524 g/mol. The fraction of sp³-hybridized carbons (Fsp3) is 0.194. The van der Waals surface area contributed by atoms with Crippen LogP contribution in [0.5, 0.6) is 11.5 Å². The first-order valence-corrected chi connectivity index (χ1v) is 12.3. The Labute approximate surface area is 223 Å². The molecule has 2 aliphatic carbocycles. The van der Waals surface area contributed by atoms with E-state index < -0.39 is 23.5 Å². The van der Waals surface area contributed by atoms with Crippen LogP contribution in [0.3, 0.4) is 0 Å². The summed E-state index contributed by atoms with van der Waals surface area (Å²) in [6.45, 7) is 1.76. The smallest absolute Gasteiger partial charge is 0.324 e. The predicted molar refractivity (Wildman–Crippen MR) is 143 cm³/mol. The first-order valence-electron chi connectivity index (χ1n) is 12.3. The van der Waals surface area contributed by atoms with Gasteiger partial charge < -0.3 is 14.2 Å². The predicted octanol–water partition coefficient (Wildman–Crippen LogP) is 5.02. The molecule has 4 aromatic rings. The molecular formula is C31H24O8. The molecular weight excluding hydrogens is 500 g/mol. The van der Waals surface area contributed by atoms with Crippen molar-refractivity contribution in [2.75, 3.05) is 20.8 Å². The van der Waals surface area contributed by atoms with E-state index in [1.54, 1.807) is 57.5 Å². The molecule has 39 heavy (non-hydrogen) atoms. The van der Waals surface area contributed by atoms with Gasteiger partial charge in [-0.25, -0.2) is 0 Å². The lowest BCUT2D eigenvalue weighted by Gasteiger charge is -2.05. The number of Topliss-reactive ketones (excluding diaryl/α,β-unsaturated/α-hetero) is 4. The second-order valence-electron chi connectivity index (χ2n) is 9.16. The first kappa shape index (κ1) is 25.8. The van der Waals surface area contributed by atoms with Gasteiger partial charge in [0.15, 0.2) is 29.1 Å². The number of fused-ring (bicyclic) bond motifs is 4. The summed E-state index contributed by atoms with van der Waals surface area (Å²) in [5, 5.41) is 3.47. The maximum Gasteiger partial charge on any atom is 0.324 e. The van der Waals surface area contributed by atoms with Gasteiger partial charge in [-0.15, -0.1) is 0 Å². The van der Waals surface area contributed by atoms with E-state index >= 15 is 0 Å². The molecule has 0 amide bonds. The largest absolute Gasteiger partial charge is 0.497 e. The van der Waals surface area contributed by atoms with Crippen molar-refractivity contribution in [1.29, 1.82) is 0 Å². The second kappa shape index (κ2) is 10.1. The first-order chi connectivity index (χ1) is 18.7. The lowest BCUT2D eigenvalue weighted by atomic mass is 10.0. The third-order valence-corrected chi connectivity index (χ3v) is 6.87. The van der Waals surface area contributed by atoms with Crippen molar-refractivity contribution >= 4 is 50.6 Å². The van der Waals surface area contributed by atoms with Gasteiger partial charge in [0, 0.05) is 22.3 Å². The van der Waals surface area contributed by atoms with Crippen LogP contribution >= 0.6 is 0 Å². The molecule has 1 atom stereocenters. The van der Waals surface area contributed by atoms with Crippen LogP contribution < -0.4 is 9.47 Å². The molecule has 0 radical (unpaired) electrons. The number of esters is 1. The Kier molecular flexibility index (Phi) is 6.70. The normalized spacial score (nSPS) is 15.6. The highest BCUT2D eigenvalue weighted by Crippen LogP contribution is 2.33. The van der Waals surface area contributed by atoms with Crippen molar-refractivity contribution < 1.29 is 38.2 Å². The minimum absolute atomic E-state index is 0.00277. The molecule has 0 N–H and O–H groups in total. The zero-order valence-electron chi connectivity index (χ0n) is 21.5. The molecule has 0 saturated heterocycles. The maximum absolute atomic E-state index is 12.4. The lowest BCUT2D eigenvalue weighted by Crippen LogP contribution is -2.27. The van der Waals surface area contributed by atoms with Crippen molar-refractivity contribution in [2.45, 2.75) is 13.3 Å². The van der Waals surface area contributed by atoms with Crippen LogP contribution in [-0.2, 0) is 9.53 Å². The third kappa shape index (κ3) is 4.54. The lowest BCUT2D eigenvalue weighted by molar-refractivity contribution is -0.144. The van der Waals surface area contributed by atoms with E-state index in [2.05, 4.69) is 0 Å². The molecule has 4 aromatic carbocycles. The number of benzene rings is 4. The van der Waals surface area contributed by atoms with Gasteiger partial charge in [-0.3, -0.25) is 24.0 Å². The third-order valence-electron chi connectivity index (χ3n) is 6.87. The van der Waals surface area contributed by atoms with E-state index in [1.165, 1.54) is 0 Å². The molecule has 0 saturated carbocycles. The van der Waals surface area contributed by atoms with Gasteiger partial charge in [-0.05, 0) is 77.0 Å². The Hall–Kier alpha value is -4.85. The number of ether oxygens (including phenoxy) is 3. The number of hydrogen-bond donors (Lipinski definition) is 0. The van der Waals surface area contributed by atoms with Crippen molar-refractivity contribution in [3.05, 3.63) is 82.9 Å². The Morgan fingerprint density at radius 2 is 1.10 bits per heavy atom. The Balaban J connectivity index is 0.000000163. The molecule has 0 spiro atoms. The number of ketones is 4. The maximum atomic E-state index is 12.4. The van der Waals surface area contributed by atoms with Crippen LogP contribution in [0.25, 0.3) is 21.5 Å². The van der Waals surface area contributed by atoms with Gasteiger partial charge in [-0.1, -0.05) is 12.1 Å². The quantitative estimate of drug-likeness (QED) is 0.270. The summed E-state index contributed by atoms with van der Waals surface area (Å²) < 4.78 is 15.1. The fourth-order valence-electron chi connectivity index (χ4n) is 4.88. The summed E-state index contributed by atoms with van der Waals surface area (Å²) in [5.74, 6) is -1.90. The van der Waals surface area contributed by atoms with E-state index in [1.807, 2.05) is 24.3 Å². The fourth-order valence-corrected chi connectivity index (χ4v) is 4.88. The van der Waals surface area contributed by atoms with Gasteiger partial charge in [-0.2, -0.15) is 0 Å². The SMILES string of the molecule is CCOC(=O)C1C(=O)c2cc3ccc(OC)cc3cc2C1=O.COc1ccc2cc3c(cc2c1)C(=O)CC3=O. The van der Waals surface area contributed by atoms with Gasteiger partial charge in [0.1, 0.15) is 11.5 Å². The van der Waals surface area contributed by atoms with Gasteiger partial charge in [0.25, 0.3) is 0 Å². The van der Waals surface area contributed by atoms with Crippen LogP contribution in [0.2, 0.25) is 0 Å². The number of hydrogen-bond acceptors (Lipinski definition) is 8.